The zero-order valence-electron chi connectivity index (χ0n) is 11.2. The lowest BCUT2D eigenvalue weighted by atomic mass is 10.3. The molecule has 0 amide bonds. The Balaban J connectivity index is 1.83. The van der Waals surface area contributed by atoms with E-state index in [2.05, 4.69) is 4.98 Å². The summed E-state index contributed by atoms with van der Waals surface area (Å²) >= 11 is 0. The predicted octanol–water partition coefficient (Wildman–Crippen LogP) is 3.08. The van der Waals surface area contributed by atoms with Gasteiger partial charge in [-0.3, -0.25) is 0 Å². The number of hydrogen-bond donors (Lipinski definition) is 0. The van der Waals surface area contributed by atoms with E-state index in [0.29, 0.717) is 24.7 Å². The molecule has 0 radical (unpaired) electrons. The fraction of sp³-hybridized carbons (Fsp3) is 0.267. The Bertz CT molecular complexity index is 548. The zero-order chi connectivity index (χ0) is 14.2. The van der Waals surface area contributed by atoms with Gasteiger partial charge in [-0.25, -0.2) is 4.98 Å². The molecule has 2 aromatic rings. The number of halogens is 1. The Hall–Kier alpha value is -2.30. The van der Waals surface area contributed by atoms with Crippen LogP contribution in [0.15, 0.2) is 42.6 Å². The first-order valence-corrected chi connectivity index (χ1v) is 6.39. The molecule has 1 aromatic carbocycles. The molecule has 0 N–H and O–H groups in total. The van der Waals surface area contributed by atoms with Gasteiger partial charge in [0.05, 0.1) is 6.61 Å². The average Bonchev–Trinajstić information content (AvgIpc) is 2.47. The Kier molecular flexibility index (Phi) is 5.17. The van der Waals surface area contributed by atoms with E-state index in [4.69, 9.17) is 14.2 Å². The first-order valence-electron chi connectivity index (χ1n) is 6.39. The van der Waals surface area contributed by atoms with Gasteiger partial charge < -0.3 is 14.2 Å². The van der Waals surface area contributed by atoms with Crippen LogP contribution in [-0.2, 0) is 0 Å². The lowest BCUT2D eigenvalue weighted by Gasteiger charge is -2.12. The van der Waals surface area contributed by atoms with Crippen LogP contribution in [-0.4, -0.2) is 24.8 Å². The van der Waals surface area contributed by atoms with Crippen LogP contribution in [0.3, 0.4) is 0 Å². The molecule has 106 valence electrons. The summed E-state index contributed by atoms with van der Waals surface area (Å²) in [5, 5.41) is 0. The van der Waals surface area contributed by atoms with E-state index in [9.17, 15) is 4.39 Å². The number of aromatic nitrogens is 1. The lowest BCUT2D eigenvalue weighted by molar-refractivity contribution is 0.202. The monoisotopic (exact) mass is 277 g/mol. The van der Waals surface area contributed by atoms with Crippen LogP contribution < -0.4 is 14.2 Å². The van der Waals surface area contributed by atoms with Crippen molar-refractivity contribution in [1.82, 2.24) is 4.98 Å². The van der Waals surface area contributed by atoms with E-state index in [-0.39, 0.29) is 12.4 Å². The summed E-state index contributed by atoms with van der Waals surface area (Å²) in [5.41, 5.74) is 0. The molecule has 0 spiro atoms. The van der Waals surface area contributed by atoms with Crippen LogP contribution in [0, 0.1) is 5.95 Å². The van der Waals surface area contributed by atoms with Crippen LogP contribution in [0.1, 0.15) is 6.92 Å². The van der Waals surface area contributed by atoms with Gasteiger partial charge in [-0.05, 0) is 31.2 Å². The zero-order valence-corrected chi connectivity index (χ0v) is 11.2. The first-order chi connectivity index (χ1) is 9.81. The van der Waals surface area contributed by atoms with Crippen LogP contribution in [0.25, 0.3) is 0 Å². The molecule has 5 heteroatoms. The Labute approximate surface area is 117 Å². The second-order valence-electron chi connectivity index (χ2n) is 3.87. The molecule has 2 rings (SSSR count). The fourth-order valence-corrected chi connectivity index (χ4v) is 1.63. The number of hydrogen-bond acceptors (Lipinski definition) is 4. The molecule has 4 nitrogen and oxygen atoms in total. The second-order valence-corrected chi connectivity index (χ2v) is 3.87. The van der Waals surface area contributed by atoms with Crippen molar-refractivity contribution in [2.75, 3.05) is 19.8 Å². The van der Waals surface area contributed by atoms with Crippen molar-refractivity contribution in [1.29, 1.82) is 0 Å². The molecule has 1 heterocycles. The van der Waals surface area contributed by atoms with Crippen molar-refractivity contribution in [2.24, 2.45) is 0 Å². The third-order valence-electron chi connectivity index (χ3n) is 2.47. The number of rotatable bonds is 7. The van der Waals surface area contributed by atoms with E-state index in [1.54, 1.807) is 6.07 Å². The standard InChI is InChI=1S/C15H16FNO3/c1-2-18-12-6-3-4-7-13(12)19-10-11-20-14-8-5-9-17-15(14)16/h3-9H,2,10-11H2,1H3. The third kappa shape index (κ3) is 3.85. The van der Waals surface area contributed by atoms with Gasteiger partial charge in [0.1, 0.15) is 13.2 Å². The summed E-state index contributed by atoms with van der Waals surface area (Å²) < 4.78 is 29.5. The van der Waals surface area contributed by atoms with Crippen LogP contribution in [0.2, 0.25) is 0 Å². The minimum absolute atomic E-state index is 0.120. The second kappa shape index (κ2) is 7.33. The highest BCUT2D eigenvalue weighted by Crippen LogP contribution is 2.26. The first kappa shape index (κ1) is 14.1. The summed E-state index contributed by atoms with van der Waals surface area (Å²) in [6.07, 6.45) is 1.37. The van der Waals surface area contributed by atoms with Crippen LogP contribution in [0.5, 0.6) is 17.2 Å². The fourth-order valence-electron chi connectivity index (χ4n) is 1.63. The van der Waals surface area contributed by atoms with Crippen molar-refractivity contribution < 1.29 is 18.6 Å². The molecule has 0 saturated heterocycles. The van der Waals surface area contributed by atoms with Crippen molar-refractivity contribution >= 4 is 0 Å². The molecule has 0 unspecified atom stereocenters. The van der Waals surface area contributed by atoms with Crippen LogP contribution >= 0.6 is 0 Å². The minimum Gasteiger partial charge on any atom is -0.490 e. The van der Waals surface area contributed by atoms with Gasteiger partial charge in [-0.1, -0.05) is 12.1 Å². The van der Waals surface area contributed by atoms with Gasteiger partial charge >= 0.3 is 0 Å². The number of benzene rings is 1. The molecular formula is C15H16FNO3. The Morgan fingerprint density at radius 2 is 1.50 bits per heavy atom. The maximum atomic E-state index is 13.2. The number of pyridine rings is 1. The van der Waals surface area contributed by atoms with E-state index in [1.807, 2.05) is 31.2 Å². The minimum atomic E-state index is -0.623. The predicted molar refractivity (Wildman–Crippen MR) is 72.8 cm³/mol. The Morgan fingerprint density at radius 1 is 0.900 bits per heavy atom. The SMILES string of the molecule is CCOc1ccccc1OCCOc1cccnc1F. The van der Waals surface area contributed by atoms with Gasteiger partial charge in [0.2, 0.25) is 0 Å². The van der Waals surface area contributed by atoms with Gasteiger partial charge in [0.15, 0.2) is 17.2 Å². The summed E-state index contributed by atoms with van der Waals surface area (Å²) in [6, 6.07) is 10.5. The molecule has 20 heavy (non-hydrogen) atoms. The van der Waals surface area contributed by atoms with Gasteiger partial charge in [-0.2, -0.15) is 4.39 Å². The lowest BCUT2D eigenvalue weighted by Crippen LogP contribution is -2.10. The third-order valence-corrected chi connectivity index (χ3v) is 2.47. The summed E-state index contributed by atoms with van der Waals surface area (Å²) in [5.74, 6) is 0.823. The van der Waals surface area contributed by atoms with E-state index < -0.39 is 5.95 Å². The van der Waals surface area contributed by atoms with Gasteiger partial charge in [0.25, 0.3) is 5.95 Å². The highest BCUT2D eigenvalue weighted by atomic mass is 19.1. The van der Waals surface area contributed by atoms with E-state index in [1.165, 1.54) is 12.3 Å². The van der Waals surface area contributed by atoms with Crippen molar-refractivity contribution in [2.45, 2.75) is 6.92 Å². The molecule has 0 aliphatic rings. The molecule has 1 aromatic heterocycles. The molecule has 0 fully saturated rings. The smallest absolute Gasteiger partial charge is 0.255 e. The summed E-state index contributed by atoms with van der Waals surface area (Å²) in [7, 11) is 0. The molecule has 0 bridgehead atoms. The topological polar surface area (TPSA) is 40.6 Å². The highest BCUT2D eigenvalue weighted by molar-refractivity contribution is 5.39. The van der Waals surface area contributed by atoms with E-state index >= 15 is 0 Å². The molecule has 0 aliphatic carbocycles. The number of nitrogens with zero attached hydrogens (tertiary/aromatic N) is 1. The largest absolute Gasteiger partial charge is 0.490 e. The maximum absolute atomic E-state index is 13.2. The average molecular weight is 277 g/mol. The quantitative estimate of drug-likeness (QED) is 0.576. The van der Waals surface area contributed by atoms with Crippen molar-refractivity contribution in [3.05, 3.63) is 48.5 Å². The summed E-state index contributed by atoms with van der Waals surface area (Å²) in [6.45, 7) is 2.99. The number of ether oxygens (including phenoxy) is 3. The normalized spacial score (nSPS) is 10.1. The van der Waals surface area contributed by atoms with Gasteiger partial charge in [-0.15, -0.1) is 0 Å². The number of para-hydroxylation sites is 2. The van der Waals surface area contributed by atoms with Crippen molar-refractivity contribution in [3.8, 4) is 17.2 Å². The molecule has 0 atom stereocenters. The summed E-state index contributed by atoms with van der Waals surface area (Å²) in [4.78, 5) is 3.50. The van der Waals surface area contributed by atoms with E-state index in [0.717, 1.165) is 0 Å². The maximum Gasteiger partial charge on any atom is 0.255 e. The Morgan fingerprint density at radius 3 is 2.15 bits per heavy atom. The van der Waals surface area contributed by atoms with Gasteiger partial charge in [0, 0.05) is 6.20 Å². The molecule has 0 saturated carbocycles. The highest BCUT2D eigenvalue weighted by Gasteiger charge is 2.05. The van der Waals surface area contributed by atoms with Crippen molar-refractivity contribution in [3.63, 3.8) is 0 Å². The molecule has 0 aliphatic heterocycles. The molecular weight excluding hydrogens is 261 g/mol. The van der Waals surface area contributed by atoms with Crippen LogP contribution in [0.4, 0.5) is 4.39 Å².